The maximum absolute atomic E-state index is 11.9. The molecule has 1 amide bonds. The van der Waals surface area contributed by atoms with Crippen LogP contribution in [0.5, 0.6) is 0 Å². The number of pyridine rings is 1. The van der Waals surface area contributed by atoms with E-state index in [9.17, 15) is 9.59 Å². The van der Waals surface area contributed by atoms with Crippen LogP contribution in [0, 0.1) is 0 Å². The molecule has 1 N–H and O–H groups in total. The molecule has 5 heteroatoms. The van der Waals surface area contributed by atoms with Crippen molar-refractivity contribution in [2.45, 2.75) is 58.6 Å². The molecule has 0 unspecified atom stereocenters. The summed E-state index contributed by atoms with van der Waals surface area (Å²) < 4.78 is 5.25. The average molecular weight is 292 g/mol. The third-order valence-corrected chi connectivity index (χ3v) is 2.82. The molecule has 1 atom stereocenters. The lowest BCUT2D eigenvalue weighted by Gasteiger charge is -2.23. The summed E-state index contributed by atoms with van der Waals surface area (Å²) in [6.45, 7) is 7.24. The number of nitrogens with zero attached hydrogens (tertiary/aromatic N) is 1. The SMILES string of the molecule is CCC(=O)C[C@@H](Cc1ccncc1)NC(=O)OC(C)(C)C. The predicted molar refractivity (Wildman–Crippen MR) is 81.0 cm³/mol. The number of nitrogens with one attached hydrogen (secondary N) is 1. The highest BCUT2D eigenvalue weighted by molar-refractivity contribution is 5.79. The minimum atomic E-state index is -0.555. The van der Waals surface area contributed by atoms with Crippen LogP contribution in [0.2, 0.25) is 0 Å². The molecule has 5 nitrogen and oxygen atoms in total. The molecule has 116 valence electrons. The van der Waals surface area contributed by atoms with Crippen molar-refractivity contribution in [3.63, 3.8) is 0 Å². The van der Waals surface area contributed by atoms with E-state index in [1.807, 2.05) is 39.8 Å². The molecule has 1 rings (SSSR count). The summed E-state index contributed by atoms with van der Waals surface area (Å²) >= 11 is 0. The molecular formula is C16H24N2O3. The molecule has 1 aromatic rings. The Labute approximate surface area is 126 Å². The predicted octanol–water partition coefficient (Wildman–Crippen LogP) is 2.89. The minimum absolute atomic E-state index is 0.116. The lowest BCUT2D eigenvalue weighted by atomic mass is 10.0. The summed E-state index contributed by atoms with van der Waals surface area (Å²) in [7, 11) is 0. The van der Waals surface area contributed by atoms with Gasteiger partial charge in [0, 0.05) is 31.3 Å². The van der Waals surface area contributed by atoms with Gasteiger partial charge in [-0.3, -0.25) is 9.78 Å². The van der Waals surface area contributed by atoms with E-state index in [-0.39, 0.29) is 11.8 Å². The lowest BCUT2D eigenvalue weighted by molar-refractivity contribution is -0.119. The number of aromatic nitrogens is 1. The van der Waals surface area contributed by atoms with Crippen LogP contribution in [0.4, 0.5) is 4.79 Å². The second-order valence-corrected chi connectivity index (χ2v) is 6.00. The van der Waals surface area contributed by atoms with Crippen LogP contribution < -0.4 is 5.32 Å². The fourth-order valence-corrected chi connectivity index (χ4v) is 1.87. The van der Waals surface area contributed by atoms with E-state index < -0.39 is 11.7 Å². The lowest BCUT2D eigenvalue weighted by Crippen LogP contribution is -2.41. The van der Waals surface area contributed by atoms with Gasteiger partial charge in [0.25, 0.3) is 0 Å². The Bertz CT molecular complexity index is 466. The van der Waals surface area contributed by atoms with Crippen molar-refractivity contribution in [3.05, 3.63) is 30.1 Å². The van der Waals surface area contributed by atoms with Gasteiger partial charge in [-0.25, -0.2) is 4.79 Å². The maximum atomic E-state index is 11.9. The van der Waals surface area contributed by atoms with Gasteiger partial charge in [0.05, 0.1) is 0 Å². The molecule has 0 aliphatic rings. The topological polar surface area (TPSA) is 68.3 Å². The fourth-order valence-electron chi connectivity index (χ4n) is 1.87. The first-order chi connectivity index (χ1) is 9.80. The Kier molecular flexibility index (Phi) is 6.34. The molecule has 0 fully saturated rings. The molecule has 1 heterocycles. The quantitative estimate of drug-likeness (QED) is 0.875. The first-order valence-corrected chi connectivity index (χ1v) is 7.20. The molecule has 0 saturated carbocycles. The zero-order chi connectivity index (χ0) is 15.9. The van der Waals surface area contributed by atoms with Crippen LogP contribution in [0.15, 0.2) is 24.5 Å². The van der Waals surface area contributed by atoms with Crippen molar-refractivity contribution in [1.29, 1.82) is 0 Å². The number of ether oxygens (including phenoxy) is 1. The normalized spacial score (nSPS) is 12.6. The van der Waals surface area contributed by atoms with E-state index in [0.717, 1.165) is 5.56 Å². The molecule has 1 aromatic heterocycles. The number of hydrogen-bond acceptors (Lipinski definition) is 4. The van der Waals surface area contributed by atoms with Crippen LogP contribution in [-0.4, -0.2) is 28.5 Å². The van der Waals surface area contributed by atoms with Crippen LogP contribution in [0.25, 0.3) is 0 Å². The van der Waals surface area contributed by atoms with Gasteiger partial charge in [-0.15, -0.1) is 0 Å². The van der Waals surface area contributed by atoms with Crippen molar-refractivity contribution in [2.75, 3.05) is 0 Å². The molecule has 0 spiro atoms. The van der Waals surface area contributed by atoms with Crippen LogP contribution in [-0.2, 0) is 16.0 Å². The molecule has 0 saturated heterocycles. The van der Waals surface area contributed by atoms with Crippen molar-refractivity contribution in [2.24, 2.45) is 0 Å². The van der Waals surface area contributed by atoms with E-state index in [1.54, 1.807) is 12.4 Å². The summed E-state index contributed by atoms with van der Waals surface area (Å²) in [5, 5.41) is 2.78. The summed E-state index contributed by atoms with van der Waals surface area (Å²) in [5.74, 6) is 0.116. The minimum Gasteiger partial charge on any atom is -0.444 e. The highest BCUT2D eigenvalue weighted by Gasteiger charge is 2.21. The summed E-state index contributed by atoms with van der Waals surface area (Å²) in [6, 6.07) is 3.48. The highest BCUT2D eigenvalue weighted by Crippen LogP contribution is 2.10. The highest BCUT2D eigenvalue weighted by atomic mass is 16.6. The van der Waals surface area contributed by atoms with E-state index in [4.69, 9.17) is 4.74 Å². The molecular weight excluding hydrogens is 268 g/mol. The number of amides is 1. The van der Waals surface area contributed by atoms with Crippen LogP contribution in [0.3, 0.4) is 0 Å². The van der Waals surface area contributed by atoms with Gasteiger partial charge >= 0.3 is 6.09 Å². The summed E-state index contributed by atoms with van der Waals surface area (Å²) in [4.78, 5) is 27.5. The van der Waals surface area contributed by atoms with E-state index in [1.165, 1.54) is 0 Å². The number of rotatable bonds is 6. The van der Waals surface area contributed by atoms with E-state index in [2.05, 4.69) is 10.3 Å². The Hall–Kier alpha value is -1.91. The zero-order valence-electron chi connectivity index (χ0n) is 13.2. The molecule has 0 bridgehead atoms. The summed E-state index contributed by atoms with van der Waals surface area (Å²) in [6.07, 6.45) is 4.24. The first-order valence-electron chi connectivity index (χ1n) is 7.20. The number of ketones is 1. The van der Waals surface area contributed by atoms with Crippen molar-refractivity contribution >= 4 is 11.9 Å². The van der Waals surface area contributed by atoms with Gasteiger partial charge in [0.2, 0.25) is 0 Å². The fraction of sp³-hybridized carbons (Fsp3) is 0.562. The Morgan fingerprint density at radius 3 is 2.43 bits per heavy atom. The number of hydrogen-bond donors (Lipinski definition) is 1. The smallest absolute Gasteiger partial charge is 0.407 e. The number of alkyl carbamates (subject to hydrolysis) is 1. The van der Waals surface area contributed by atoms with Crippen molar-refractivity contribution in [1.82, 2.24) is 10.3 Å². The zero-order valence-corrected chi connectivity index (χ0v) is 13.2. The Morgan fingerprint density at radius 2 is 1.90 bits per heavy atom. The number of carbonyl (C=O) groups is 2. The van der Waals surface area contributed by atoms with Crippen LogP contribution in [0.1, 0.15) is 46.1 Å². The van der Waals surface area contributed by atoms with Gasteiger partial charge in [-0.05, 0) is 44.9 Å². The summed E-state index contributed by atoms with van der Waals surface area (Å²) in [5.41, 5.74) is 0.468. The van der Waals surface area contributed by atoms with Gasteiger partial charge in [0.15, 0.2) is 0 Å². The largest absolute Gasteiger partial charge is 0.444 e. The molecule has 21 heavy (non-hydrogen) atoms. The third kappa shape index (κ3) is 7.44. The van der Waals surface area contributed by atoms with Gasteiger partial charge < -0.3 is 10.1 Å². The standard InChI is InChI=1S/C16H24N2O3/c1-5-14(19)11-13(10-12-6-8-17-9-7-12)18-15(20)21-16(2,3)4/h6-9,13H,5,10-11H2,1-4H3,(H,18,20)/t13-/m1/s1. The third-order valence-electron chi connectivity index (χ3n) is 2.82. The average Bonchev–Trinajstić information content (AvgIpc) is 2.37. The molecule has 0 radical (unpaired) electrons. The van der Waals surface area contributed by atoms with Gasteiger partial charge in [0.1, 0.15) is 11.4 Å². The molecule has 0 aliphatic carbocycles. The van der Waals surface area contributed by atoms with Gasteiger partial charge in [-0.1, -0.05) is 6.92 Å². The second-order valence-electron chi connectivity index (χ2n) is 6.00. The van der Waals surface area contributed by atoms with Crippen molar-refractivity contribution < 1.29 is 14.3 Å². The van der Waals surface area contributed by atoms with E-state index >= 15 is 0 Å². The van der Waals surface area contributed by atoms with Crippen LogP contribution >= 0.6 is 0 Å². The number of carbonyl (C=O) groups excluding carboxylic acids is 2. The van der Waals surface area contributed by atoms with Crippen molar-refractivity contribution in [3.8, 4) is 0 Å². The molecule has 0 aromatic carbocycles. The maximum Gasteiger partial charge on any atom is 0.407 e. The first kappa shape index (κ1) is 17.1. The second kappa shape index (κ2) is 7.76. The van der Waals surface area contributed by atoms with E-state index in [0.29, 0.717) is 19.3 Å². The Morgan fingerprint density at radius 1 is 1.29 bits per heavy atom. The Balaban J connectivity index is 2.68. The molecule has 0 aliphatic heterocycles. The monoisotopic (exact) mass is 292 g/mol. The van der Waals surface area contributed by atoms with Gasteiger partial charge in [-0.2, -0.15) is 0 Å². The number of Topliss-reactive ketones (excluding diaryl/α,β-unsaturated/α-hetero) is 1.